The fourth-order valence-corrected chi connectivity index (χ4v) is 4.36. The summed E-state index contributed by atoms with van der Waals surface area (Å²) >= 11 is 7.75. The Morgan fingerprint density at radius 2 is 2.17 bits per heavy atom. The molecule has 0 saturated heterocycles. The van der Waals surface area contributed by atoms with Gasteiger partial charge in [0.25, 0.3) is 5.91 Å². The summed E-state index contributed by atoms with van der Waals surface area (Å²) in [6, 6.07) is 7.55. The minimum atomic E-state index is -0.170. The van der Waals surface area contributed by atoms with Crippen LogP contribution >= 0.6 is 22.9 Å². The second kappa shape index (κ2) is 5.76. The van der Waals surface area contributed by atoms with Crippen LogP contribution in [-0.2, 0) is 19.9 Å². The highest BCUT2D eigenvalue weighted by molar-refractivity contribution is 7.10. The summed E-state index contributed by atoms with van der Waals surface area (Å²) in [5, 5.41) is 10.2. The second-order valence-electron chi connectivity index (χ2n) is 5.97. The number of rotatable bonds is 2. The van der Waals surface area contributed by atoms with Gasteiger partial charge in [0.2, 0.25) is 0 Å². The number of benzene rings is 1. The Hall–Kier alpha value is -2.11. The van der Waals surface area contributed by atoms with Gasteiger partial charge in [-0.05, 0) is 55.0 Å². The number of aryl methyl sites for hydroxylation is 3. The van der Waals surface area contributed by atoms with Crippen LogP contribution < -0.4 is 5.32 Å². The monoisotopic (exact) mass is 357 g/mol. The largest absolute Gasteiger partial charge is 0.320 e. The lowest BCUT2D eigenvalue weighted by Crippen LogP contribution is -2.16. The highest BCUT2D eigenvalue weighted by Crippen LogP contribution is 2.38. The predicted molar refractivity (Wildman–Crippen MR) is 98.1 cm³/mol. The van der Waals surface area contributed by atoms with Crippen LogP contribution in [0.25, 0.3) is 11.3 Å². The fraction of sp³-hybridized carbons (Fsp3) is 0.222. The molecule has 0 bridgehead atoms. The van der Waals surface area contributed by atoms with Crippen LogP contribution in [0.2, 0.25) is 5.02 Å². The summed E-state index contributed by atoms with van der Waals surface area (Å²) in [4.78, 5) is 14.1. The van der Waals surface area contributed by atoms with Gasteiger partial charge in [0.05, 0.1) is 5.69 Å². The summed E-state index contributed by atoms with van der Waals surface area (Å²) in [5.41, 5.74) is 5.51. The smallest absolute Gasteiger partial charge is 0.276 e. The molecule has 3 aromatic rings. The number of carbonyl (C=O) groups excluding carboxylic acids is 1. The Morgan fingerprint density at radius 3 is 2.96 bits per heavy atom. The molecule has 1 amide bonds. The molecule has 122 valence electrons. The summed E-state index contributed by atoms with van der Waals surface area (Å²) in [5.74, 6) is -0.170. The molecule has 1 aromatic carbocycles. The van der Waals surface area contributed by atoms with Crippen molar-refractivity contribution in [2.45, 2.75) is 19.8 Å². The first-order chi connectivity index (χ1) is 11.5. The van der Waals surface area contributed by atoms with Crippen LogP contribution in [0.15, 0.2) is 29.6 Å². The average Bonchev–Trinajstić information content (AvgIpc) is 3.14. The quantitative estimate of drug-likeness (QED) is 0.736. The van der Waals surface area contributed by atoms with E-state index >= 15 is 0 Å². The van der Waals surface area contributed by atoms with Crippen LogP contribution in [0.3, 0.4) is 0 Å². The molecule has 4 rings (SSSR count). The minimum absolute atomic E-state index is 0.170. The third-order valence-electron chi connectivity index (χ3n) is 4.40. The van der Waals surface area contributed by atoms with Gasteiger partial charge in [0, 0.05) is 33.8 Å². The Balaban J connectivity index is 1.71. The van der Waals surface area contributed by atoms with Gasteiger partial charge >= 0.3 is 0 Å². The van der Waals surface area contributed by atoms with Gasteiger partial charge in [-0.25, -0.2) is 0 Å². The Bertz CT molecular complexity index is 957. The van der Waals surface area contributed by atoms with E-state index < -0.39 is 0 Å². The van der Waals surface area contributed by atoms with Crippen molar-refractivity contribution in [1.82, 2.24) is 9.78 Å². The summed E-state index contributed by atoms with van der Waals surface area (Å²) in [6.07, 6.45) is 1.81. The number of thiophene rings is 1. The van der Waals surface area contributed by atoms with E-state index in [1.807, 2.05) is 30.8 Å². The van der Waals surface area contributed by atoms with Crippen LogP contribution in [0.4, 0.5) is 5.69 Å². The molecule has 24 heavy (non-hydrogen) atoms. The van der Waals surface area contributed by atoms with Gasteiger partial charge in [-0.1, -0.05) is 11.6 Å². The van der Waals surface area contributed by atoms with E-state index in [1.165, 1.54) is 10.4 Å². The Kier molecular flexibility index (Phi) is 3.70. The SMILES string of the molecule is Cc1cc(Cl)ccc1NC(=O)c1nn(C)c2c1CCc1sccc1-2. The van der Waals surface area contributed by atoms with Crippen molar-refractivity contribution in [3.8, 4) is 11.3 Å². The van der Waals surface area contributed by atoms with E-state index in [-0.39, 0.29) is 5.91 Å². The number of hydrogen-bond donors (Lipinski definition) is 1. The number of carbonyl (C=O) groups is 1. The molecule has 2 aromatic heterocycles. The molecule has 0 aliphatic heterocycles. The van der Waals surface area contributed by atoms with Crippen molar-refractivity contribution < 1.29 is 4.79 Å². The number of amides is 1. The minimum Gasteiger partial charge on any atom is -0.320 e. The molecule has 0 saturated carbocycles. The molecular formula is C18H16ClN3OS. The lowest BCUT2D eigenvalue weighted by atomic mass is 9.94. The van der Waals surface area contributed by atoms with Crippen molar-refractivity contribution in [2.24, 2.45) is 7.05 Å². The van der Waals surface area contributed by atoms with Crippen molar-refractivity contribution in [3.63, 3.8) is 0 Å². The molecular weight excluding hydrogens is 342 g/mol. The van der Waals surface area contributed by atoms with Crippen molar-refractivity contribution in [2.75, 3.05) is 5.32 Å². The number of aromatic nitrogens is 2. The lowest BCUT2D eigenvalue weighted by Gasteiger charge is -2.14. The molecule has 1 N–H and O–H groups in total. The molecule has 0 atom stereocenters. The Labute approximate surface area is 149 Å². The maximum Gasteiger partial charge on any atom is 0.276 e. The van der Waals surface area contributed by atoms with Gasteiger partial charge in [-0.2, -0.15) is 5.10 Å². The molecule has 0 unspecified atom stereocenters. The normalized spacial score (nSPS) is 12.6. The van der Waals surface area contributed by atoms with Crippen molar-refractivity contribution >= 4 is 34.5 Å². The first-order valence-electron chi connectivity index (χ1n) is 7.74. The van der Waals surface area contributed by atoms with Gasteiger partial charge in [-0.15, -0.1) is 11.3 Å². The molecule has 1 aliphatic carbocycles. The first-order valence-corrected chi connectivity index (χ1v) is 9.00. The summed E-state index contributed by atoms with van der Waals surface area (Å²) in [7, 11) is 1.90. The molecule has 1 aliphatic rings. The Morgan fingerprint density at radius 1 is 1.33 bits per heavy atom. The molecule has 0 radical (unpaired) electrons. The van der Waals surface area contributed by atoms with Gasteiger partial charge < -0.3 is 5.32 Å². The fourth-order valence-electron chi connectivity index (χ4n) is 3.26. The van der Waals surface area contributed by atoms with Crippen molar-refractivity contribution in [3.05, 3.63) is 56.4 Å². The van der Waals surface area contributed by atoms with Crippen LogP contribution in [0, 0.1) is 6.92 Å². The summed E-state index contributed by atoms with van der Waals surface area (Å²) < 4.78 is 1.82. The molecule has 0 spiro atoms. The highest BCUT2D eigenvalue weighted by atomic mass is 35.5. The molecule has 2 heterocycles. The number of nitrogens with one attached hydrogen (secondary N) is 1. The predicted octanol–water partition coefficient (Wildman–Crippen LogP) is 4.46. The van der Waals surface area contributed by atoms with E-state index in [0.29, 0.717) is 10.7 Å². The average molecular weight is 358 g/mol. The molecule has 6 heteroatoms. The third kappa shape index (κ3) is 2.44. The van der Waals surface area contributed by atoms with Gasteiger partial charge in [0.15, 0.2) is 5.69 Å². The zero-order valence-corrected chi connectivity index (χ0v) is 15.0. The maximum atomic E-state index is 12.8. The lowest BCUT2D eigenvalue weighted by molar-refractivity contribution is 0.102. The molecule has 0 fully saturated rings. The zero-order valence-electron chi connectivity index (χ0n) is 13.4. The topological polar surface area (TPSA) is 46.9 Å². The van der Waals surface area contributed by atoms with Gasteiger partial charge in [-0.3, -0.25) is 9.48 Å². The second-order valence-corrected chi connectivity index (χ2v) is 7.41. The molecule has 4 nitrogen and oxygen atoms in total. The number of hydrogen-bond acceptors (Lipinski definition) is 3. The number of fused-ring (bicyclic) bond motifs is 3. The van der Waals surface area contributed by atoms with E-state index in [1.54, 1.807) is 17.4 Å². The van der Waals surface area contributed by atoms with Crippen LogP contribution in [0.5, 0.6) is 0 Å². The first kappa shape index (κ1) is 15.4. The van der Waals surface area contributed by atoms with Gasteiger partial charge in [0.1, 0.15) is 0 Å². The van der Waals surface area contributed by atoms with E-state index in [9.17, 15) is 4.79 Å². The van der Waals surface area contributed by atoms with Crippen molar-refractivity contribution in [1.29, 1.82) is 0 Å². The number of halogens is 1. The maximum absolute atomic E-state index is 12.8. The standard InChI is InChI=1S/C18H16ClN3OS/c1-10-9-11(19)3-5-14(10)20-18(23)16-13-4-6-15-12(7-8-24-15)17(13)22(2)21-16/h3,5,7-9H,4,6H2,1-2H3,(H,20,23). The zero-order chi connectivity index (χ0) is 16.8. The summed E-state index contributed by atoms with van der Waals surface area (Å²) in [6.45, 7) is 1.92. The van der Waals surface area contributed by atoms with E-state index in [2.05, 4.69) is 21.9 Å². The van der Waals surface area contributed by atoms with Crippen LogP contribution in [-0.4, -0.2) is 15.7 Å². The number of anilines is 1. The van der Waals surface area contributed by atoms with E-state index in [0.717, 1.165) is 35.3 Å². The highest BCUT2D eigenvalue weighted by Gasteiger charge is 2.28. The van der Waals surface area contributed by atoms with Crippen LogP contribution in [0.1, 0.15) is 26.5 Å². The van der Waals surface area contributed by atoms with E-state index in [4.69, 9.17) is 11.6 Å². The number of nitrogens with zero attached hydrogens (tertiary/aromatic N) is 2. The third-order valence-corrected chi connectivity index (χ3v) is 5.62.